The van der Waals surface area contributed by atoms with Crippen molar-refractivity contribution in [2.45, 2.75) is 195 Å². The fraction of sp³-hybridized carbons (Fsp3) is 0.418. The van der Waals surface area contributed by atoms with E-state index in [-0.39, 0.29) is 11.9 Å². The van der Waals surface area contributed by atoms with Crippen molar-refractivity contribution < 1.29 is 19.1 Å². The Balaban J connectivity index is 0.000000249. The molecule has 0 aromatic heterocycles. The smallest absolute Gasteiger partial charge is 0.331 e. The Kier molecular flexibility index (Phi) is 31.4. The second-order valence-corrected chi connectivity index (χ2v) is 28.4. The van der Waals surface area contributed by atoms with Gasteiger partial charge in [0, 0.05) is 9.79 Å². The fourth-order valence-electron chi connectivity index (χ4n) is 10.8. The molecule has 8 heteroatoms. The number of carbonyl (C=O) groups excluding carboxylic acids is 2. The molecular formula is C79H98O4S4. The molecule has 2 atom stereocenters. The first-order chi connectivity index (χ1) is 42.8. The van der Waals surface area contributed by atoms with Gasteiger partial charge in [0.2, 0.25) is 0 Å². The summed E-state index contributed by atoms with van der Waals surface area (Å²) >= 11 is 7.34. The monoisotopic (exact) mass is 1240 g/mol. The molecule has 0 amide bonds. The van der Waals surface area contributed by atoms with Gasteiger partial charge >= 0.3 is 11.9 Å². The third-order valence-corrected chi connectivity index (χ3v) is 21.4. The summed E-state index contributed by atoms with van der Waals surface area (Å²) < 4.78 is 10.6. The van der Waals surface area contributed by atoms with Gasteiger partial charge in [-0.15, -0.1) is 47.0 Å². The molecule has 8 rings (SSSR count). The van der Waals surface area contributed by atoms with E-state index in [1.54, 1.807) is 23.5 Å². The highest BCUT2D eigenvalue weighted by Crippen LogP contribution is 2.41. The van der Waals surface area contributed by atoms with Crippen LogP contribution in [0, 0.1) is 0 Å². The second kappa shape index (κ2) is 39.6. The summed E-state index contributed by atoms with van der Waals surface area (Å²) in [6, 6.07) is 54.3. The van der Waals surface area contributed by atoms with Crippen LogP contribution in [0.3, 0.4) is 0 Å². The highest BCUT2D eigenvalue weighted by molar-refractivity contribution is 8.01. The van der Waals surface area contributed by atoms with Gasteiger partial charge in [0.1, 0.15) is 21.0 Å². The Labute approximate surface area is 542 Å². The molecule has 2 aliphatic rings. The molecule has 0 bridgehead atoms. The van der Waals surface area contributed by atoms with Gasteiger partial charge in [0.15, 0.2) is 0 Å². The highest BCUT2D eigenvalue weighted by Gasteiger charge is 2.40. The number of rotatable bonds is 37. The minimum absolute atomic E-state index is 0.191. The van der Waals surface area contributed by atoms with Gasteiger partial charge in [0.05, 0.1) is 0 Å². The highest BCUT2D eigenvalue weighted by atomic mass is 32.2. The van der Waals surface area contributed by atoms with Gasteiger partial charge in [-0.2, -0.15) is 0 Å². The van der Waals surface area contributed by atoms with Gasteiger partial charge in [-0.05, 0) is 155 Å². The molecule has 2 unspecified atom stereocenters. The van der Waals surface area contributed by atoms with E-state index in [9.17, 15) is 9.59 Å². The number of ether oxygens (including phenoxy) is 2. The first kappa shape index (κ1) is 69.1. The van der Waals surface area contributed by atoms with Crippen LogP contribution in [-0.4, -0.2) is 44.4 Å². The normalized spacial score (nSPS) is 16.1. The Morgan fingerprint density at radius 1 is 0.345 bits per heavy atom. The lowest BCUT2D eigenvalue weighted by molar-refractivity contribution is -0.136. The number of thioether (sulfide) groups is 4. The maximum absolute atomic E-state index is 13.7. The van der Waals surface area contributed by atoms with E-state index < -0.39 is 9.49 Å². The van der Waals surface area contributed by atoms with Crippen LogP contribution in [0.25, 0.3) is 33.4 Å². The molecule has 6 aromatic rings. The van der Waals surface area contributed by atoms with Gasteiger partial charge in [0.25, 0.3) is 0 Å². The third-order valence-electron chi connectivity index (χ3n) is 16.2. The Hall–Kier alpha value is -5.38. The molecule has 0 aliphatic heterocycles. The van der Waals surface area contributed by atoms with E-state index in [0.29, 0.717) is 24.3 Å². The van der Waals surface area contributed by atoms with E-state index in [2.05, 4.69) is 185 Å². The topological polar surface area (TPSA) is 52.6 Å². The zero-order chi connectivity index (χ0) is 61.0. The van der Waals surface area contributed by atoms with Crippen LogP contribution >= 0.6 is 47.0 Å². The lowest BCUT2D eigenvalue weighted by atomic mass is 9.92. The zero-order valence-electron chi connectivity index (χ0n) is 52.8. The molecule has 6 aromatic carbocycles. The summed E-state index contributed by atoms with van der Waals surface area (Å²) in [6.45, 7) is 8.96. The molecule has 0 saturated heterocycles. The number of carbonyl (C=O) groups is 2. The average Bonchev–Trinajstić information content (AvgIpc) is 3.70. The van der Waals surface area contributed by atoms with Crippen molar-refractivity contribution in [1.82, 2.24) is 0 Å². The molecule has 2 aliphatic carbocycles. The van der Waals surface area contributed by atoms with Crippen LogP contribution in [-0.2, 0) is 9.59 Å². The van der Waals surface area contributed by atoms with Crippen molar-refractivity contribution in [3.8, 4) is 33.8 Å². The average molecular weight is 1240 g/mol. The van der Waals surface area contributed by atoms with Crippen molar-refractivity contribution in [3.05, 3.63) is 205 Å². The Bertz CT molecular complexity index is 3020. The first-order valence-electron chi connectivity index (χ1n) is 33.1. The molecule has 4 nitrogen and oxygen atoms in total. The lowest BCUT2D eigenvalue weighted by Gasteiger charge is -2.29. The quantitative estimate of drug-likeness (QED) is 0.0166. The van der Waals surface area contributed by atoms with Crippen LogP contribution in [0.15, 0.2) is 204 Å². The number of esters is 2. The standard InChI is InChI=1S/C40H50O2S2.C39H48O2S2/c1-3-5-7-8-9-10-11-16-31-43-38-25-21-35(22-26-38)34-19-23-37(24-20-34)42-39(41)40(44-32-15-6-4-2)29-27-36(28-30-40)33-17-13-12-14-18-33;1-3-5-7-8-9-10-15-30-42-37-24-20-34(21-25-37)33-18-22-36(23-19-33)41-38(40)39(43-31-14-6-4-2)28-26-35(27-29-39)32-16-12-11-13-17-32/h12-14,17-29H,3-11,15-16,30-32H2,1-2H3;11-13,16-28H,3-10,14-15,29-31H2,1-2H3. The molecule has 87 heavy (non-hydrogen) atoms. The number of hydrogen-bond donors (Lipinski definition) is 0. The van der Waals surface area contributed by atoms with Gasteiger partial charge < -0.3 is 9.47 Å². The third kappa shape index (κ3) is 23.5. The summed E-state index contributed by atoms with van der Waals surface area (Å²) in [7, 11) is 0. The van der Waals surface area contributed by atoms with Crippen molar-refractivity contribution in [1.29, 1.82) is 0 Å². The molecule has 0 N–H and O–H groups in total. The summed E-state index contributed by atoms with van der Waals surface area (Å²) in [6.07, 6.45) is 41.2. The maximum Gasteiger partial charge on any atom is 0.331 e. The summed E-state index contributed by atoms with van der Waals surface area (Å²) in [5.74, 6) is 5.05. The van der Waals surface area contributed by atoms with Crippen molar-refractivity contribution in [2.24, 2.45) is 0 Å². The Morgan fingerprint density at radius 2 is 0.644 bits per heavy atom. The van der Waals surface area contributed by atoms with E-state index >= 15 is 0 Å². The van der Waals surface area contributed by atoms with Crippen LogP contribution in [0.5, 0.6) is 11.5 Å². The molecular weight excluding hydrogens is 1140 g/mol. The van der Waals surface area contributed by atoms with Crippen molar-refractivity contribution >= 4 is 70.1 Å². The molecule has 462 valence electrons. The van der Waals surface area contributed by atoms with Gasteiger partial charge in [-0.25, -0.2) is 9.59 Å². The molecule has 0 heterocycles. The van der Waals surface area contributed by atoms with Crippen molar-refractivity contribution in [3.63, 3.8) is 0 Å². The molecule has 0 saturated carbocycles. The largest absolute Gasteiger partial charge is 0.425 e. The van der Waals surface area contributed by atoms with Gasteiger partial charge in [-0.1, -0.05) is 282 Å². The van der Waals surface area contributed by atoms with E-state index in [1.807, 2.05) is 59.9 Å². The predicted octanol–water partition coefficient (Wildman–Crippen LogP) is 24.0. The van der Waals surface area contributed by atoms with E-state index in [0.717, 1.165) is 46.6 Å². The second-order valence-electron chi connectivity index (χ2n) is 23.2. The van der Waals surface area contributed by atoms with Crippen LogP contribution in [0.1, 0.15) is 187 Å². The molecule has 0 fully saturated rings. The molecule has 0 radical (unpaired) electrons. The lowest BCUT2D eigenvalue weighted by Crippen LogP contribution is -2.38. The predicted molar refractivity (Wildman–Crippen MR) is 383 cm³/mol. The zero-order valence-corrected chi connectivity index (χ0v) is 56.1. The minimum atomic E-state index is -0.702. The number of hydrogen-bond acceptors (Lipinski definition) is 8. The molecule has 0 spiro atoms. The van der Waals surface area contributed by atoms with Crippen LogP contribution < -0.4 is 9.47 Å². The van der Waals surface area contributed by atoms with E-state index in [1.165, 1.54) is 166 Å². The fourth-order valence-corrected chi connectivity index (χ4v) is 15.1. The SMILES string of the molecule is CCCCCCCCCCSc1ccc(-c2ccc(OC(=O)C3(SCCCCC)C=CC(c4ccccc4)=CC3)cc2)cc1.CCCCCCCCCSc1ccc(-c2ccc(OC(=O)C3(SCCCCC)C=CC(c4ccccc4)=CC3)cc2)cc1. The Morgan fingerprint density at radius 3 is 0.966 bits per heavy atom. The van der Waals surface area contributed by atoms with Crippen LogP contribution in [0.4, 0.5) is 0 Å². The first-order valence-corrected chi connectivity index (χ1v) is 37.0. The summed E-state index contributed by atoms with van der Waals surface area (Å²) in [5, 5.41) is 0. The number of unbranched alkanes of at least 4 members (excludes halogenated alkanes) is 17. The van der Waals surface area contributed by atoms with Crippen molar-refractivity contribution in [2.75, 3.05) is 23.0 Å². The number of benzene rings is 6. The summed E-state index contributed by atoms with van der Waals surface area (Å²) in [4.78, 5) is 30.0. The maximum atomic E-state index is 13.7. The minimum Gasteiger partial charge on any atom is -0.425 e. The van der Waals surface area contributed by atoms with Gasteiger partial charge in [-0.3, -0.25) is 0 Å². The van der Waals surface area contributed by atoms with Crippen LogP contribution in [0.2, 0.25) is 0 Å². The summed E-state index contributed by atoms with van der Waals surface area (Å²) in [5.41, 5.74) is 9.27. The van der Waals surface area contributed by atoms with E-state index in [4.69, 9.17) is 9.47 Å². The number of allylic oxidation sites excluding steroid dienone is 6.